The van der Waals surface area contributed by atoms with Gasteiger partial charge in [0, 0.05) is 30.8 Å². The van der Waals surface area contributed by atoms with Crippen LogP contribution in [0.25, 0.3) is 0 Å². The lowest BCUT2D eigenvalue weighted by atomic mass is 9.99. The predicted molar refractivity (Wildman–Crippen MR) is 116 cm³/mol. The van der Waals surface area contributed by atoms with Gasteiger partial charge in [0.25, 0.3) is 17.7 Å². The van der Waals surface area contributed by atoms with Crippen LogP contribution in [0.2, 0.25) is 0 Å². The van der Waals surface area contributed by atoms with Crippen LogP contribution in [0.4, 0.5) is 5.69 Å². The Morgan fingerprint density at radius 2 is 1.57 bits per heavy atom. The van der Waals surface area contributed by atoms with Crippen LogP contribution in [-0.2, 0) is 9.59 Å². The van der Waals surface area contributed by atoms with E-state index in [1.54, 1.807) is 24.3 Å². The summed E-state index contributed by atoms with van der Waals surface area (Å²) >= 11 is 0. The molecule has 2 aliphatic heterocycles. The zero-order valence-corrected chi connectivity index (χ0v) is 17.7. The molecule has 3 amide bonds. The molecule has 0 bridgehead atoms. The molecule has 2 heterocycles. The van der Waals surface area contributed by atoms with Crippen LogP contribution in [0.5, 0.6) is 0 Å². The maximum absolute atomic E-state index is 12.9. The average molecular weight is 410 g/mol. The molecular weight excluding hydrogens is 378 g/mol. The molecule has 6 nitrogen and oxygen atoms in total. The average Bonchev–Trinajstić information content (AvgIpc) is 2.90. The van der Waals surface area contributed by atoms with Crippen molar-refractivity contribution in [2.75, 3.05) is 18.0 Å². The molecule has 2 fully saturated rings. The molecule has 6 heteroatoms. The van der Waals surface area contributed by atoms with Crippen molar-refractivity contribution in [2.24, 2.45) is 5.92 Å². The first-order chi connectivity index (χ1) is 14.5. The third-order valence-electron chi connectivity index (χ3n) is 6.61. The van der Waals surface area contributed by atoms with Crippen molar-refractivity contribution in [3.63, 3.8) is 0 Å². The number of benzene rings is 1. The molecule has 0 atom stereocenters. The number of imide groups is 1. The molecule has 0 aromatic heterocycles. The summed E-state index contributed by atoms with van der Waals surface area (Å²) < 4.78 is 0. The van der Waals surface area contributed by atoms with Gasteiger partial charge in [-0.2, -0.15) is 0 Å². The number of nitrogens with one attached hydrogen (secondary N) is 1. The molecule has 1 N–H and O–H groups in total. The van der Waals surface area contributed by atoms with Crippen LogP contribution in [0, 0.1) is 5.92 Å². The third-order valence-corrected chi connectivity index (χ3v) is 6.61. The van der Waals surface area contributed by atoms with E-state index in [9.17, 15) is 14.4 Å². The number of hydrogen-bond donors (Lipinski definition) is 1. The van der Waals surface area contributed by atoms with E-state index >= 15 is 0 Å². The second-order valence-corrected chi connectivity index (χ2v) is 8.89. The van der Waals surface area contributed by atoms with E-state index in [0.717, 1.165) is 51.6 Å². The number of anilines is 1. The normalized spacial score (nSPS) is 21.6. The van der Waals surface area contributed by atoms with Gasteiger partial charge in [-0.15, -0.1) is 0 Å². The topological polar surface area (TPSA) is 69.7 Å². The number of carbonyl (C=O) groups excluding carboxylic acids is 3. The zero-order chi connectivity index (χ0) is 21.1. The lowest BCUT2D eigenvalue weighted by Crippen LogP contribution is -2.38. The first-order valence-electron chi connectivity index (χ1n) is 11.3. The summed E-state index contributed by atoms with van der Waals surface area (Å²) in [5, 5.41) is 3.13. The van der Waals surface area contributed by atoms with Crippen molar-refractivity contribution in [3.8, 4) is 0 Å². The summed E-state index contributed by atoms with van der Waals surface area (Å²) in [4.78, 5) is 41.3. The Balaban J connectivity index is 1.40. The molecule has 1 aromatic carbocycles. The van der Waals surface area contributed by atoms with Gasteiger partial charge in [0.2, 0.25) is 0 Å². The largest absolute Gasteiger partial charge is 0.367 e. The smallest absolute Gasteiger partial charge is 0.281 e. The van der Waals surface area contributed by atoms with Gasteiger partial charge in [-0.25, -0.2) is 4.90 Å². The minimum Gasteiger partial charge on any atom is -0.367 e. The first-order valence-corrected chi connectivity index (χ1v) is 11.3. The molecule has 30 heavy (non-hydrogen) atoms. The van der Waals surface area contributed by atoms with Crippen molar-refractivity contribution < 1.29 is 14.4 Å². The number of amides is 3. The van der Waals surface area contributed by atoms with E-state index in [0.29, 0.717) is 22.9 Å². The predicted octanol–water partition coefficient (Wildman–Crippen LogP) is 3.63. The number of nitrogens with zero attached hydrogens (tertiary/aromatic N) is 2. The van der Waals surface area contributed by atoms with Crippen molar-refractivity contribution in [2.45, 2.75) is 64.3 Å². The van der Waals surface area contributed by atoms with E-state index in [1.807, 2.05) is 4.90 Å². The summed E-state index contributed by atoms with van der Waals surface area (Å²) in [6, 6.07) is 7.01. The minimum absolute atomic E-state index is 0.0891. The highest BCUT2D eigenvalue weighted by Gasteiger charge is 2.36. The van der Waals surface area contributed by atoms with Gasteiger partial charge in [-0.05, 0) is 55.9 Å². The molecule has 1 aromatic rings. The highest BCUT2D eigenvalue weighted by molar-refractivity contribution is 6.30. The molecule has 1 saturated carbocycles. The van der Waals surface area contributed by atoms with Gasteiger partial charge < -0.3 is 10.2 Å². The number of piperidine rings is 1. The summed E-state index contributed by atoms with van der Waals surface area (Å²) in [5.74, 6) is -0.0231. The molecule has 0 radical (unpaired) electrons. The van der Waals surface area contributed by atoms with E-state index in [4.69, 9.17) is 0 Å². The van der Waals surface area contributed by atoms with E-state index < -0.39 is 0 Å². The van der Waals surface area contributed by atoms with E-state index in [2.05, 4.69) is 12.2 Å². The van der Waals surface area contributed by atoms with Gasteiger partial charge >= 0.3 is 0 Å². The number of carbonyl (C=O) groups is 3. The number of hydrogen-bond acceptors (Lipinski definition) is 4. The van der Waals surface area contributed by atoms with Crippen LogP contribution < -0.4 is 10.2 Å². The molecule has 160 valence electrons. The van der Waals surface area contributed by atoms with Crippen LogP contribution >= 0.6 is 0 Å². The second-order valence-electron chi connectivity index (χ2n) is 8.89. The Kier molecular flexibility index (Phi) is 6.21. The van der Waals surface area contributed by atoms with Crippen molar-refractivity contribution in [3.05, 3.63) is 41.6 Å². The Labute approximate surface area is 178 Å². The highest BCUT2D eigenvalue weighted by Crippen LogP contribution is 2.28. The van der Waals surface area contributed by atoms with Crippen LogP contribution in [0.15, 0.2) is 36.0 Å². The molecule has 3 aliphatic rings. The second kappa shape index (κ2) is 9.02. The monoisotopic (exact) mass is 409 g/mol. The highest BCUT2D eigenvalue weighted by atomic mass is 16.2. The summed E-state index contributed by atoms with van der Waals surface area (Å²) in [5.41, 5.74) is 1.55. The third kappa shape index (κ3) is 4.42. The summed E-state index contributed by atoms with van der Waals surface area (Å²) in [6.07, 6.45) is 10.4. The fraction of sp³-hybridized carbons (Fsp3) is 0.542. The fourth-order valence-corrected chi connectivity index (χ4v) is 4.63. The van der Waals surface area contributed by atoms with Gasteiger partial charge in [-0.3, -0.25) is 14.4 Å². The van der Waals surface area contributed by atoms with Crippen molar-refractivity contribution in [1.82, 2.24) is 10.2 Å². The molecule has 4 rings (SSSR count). The standard InChI is InChI=1S/C24H31N3O3/c1-17-12-14-26(15-13-17)21-16-22(28)27(24(21)30)20-10-8-18(9-11-20)23(29)25-19-6-4-2-3-5-7-19/h8-11,16-17,19H,2-7,12-15H2,1H3,(H,25,29). The maximum atomic E-state index is 12.9. The lowest BCUT2D eigenvalue weighted by Gasteiger charge is -2.32. The van der Waals surface area contributed by atoms with Crippen molar-refractivity contribution >= 4 is 23.4 Å². The van der Waals surface area contributed by atoms with Gasteiger partial charge in [0.1, 0.15) is 5.70 Å². The molecule has 0 unspecified atom stereocenters. The SMILES string of the molecule is CC1CCN(C2=CC(=O)N(c3ccc(C(=O)NC4CCCCCC4)cc3)C2=O)CC1. The lowest BCUT2D eigenvalue weighted by molar-refractivity contribution is -0.121. The van der Waals surface area contributed by atoms with Crippen LogP contribution in [0.1, 0.15) is 68.6 Å². The Morgan fingerprint density at radius 3 is 2.20 bits per heavy atom. The Hall–Kier alpha value is -2.63. The van der Waals surface area contributed by atoms with Crippen LogP contribution in [0.3, 0.4) is 0 Å². The fourth-order valence-electron chi connectivity index (χ4n) is 4.63. The maximum Gasteiger partial charge on any atom is 0.281 e. The Bertz CT molecular complexity index is 830. The molecule has 1 aliphatic carbocycles. The first kappa shape index (κ1) is 20.6. The molecule has 1 saturated heterocycles. The molecular formula is C24H31N3O3. The zero-order valence-electron chi connectivity index (χ0n) is 17.7. The van der Waals surface area contributed by atoms with E-state index in [1.165, 1.54) is 23.8 Å². The van der Waals surface area contributed by atoms with Crippen LogP contribution in [-0.4, -0.2) is 41.8 Å². The summed E-state index contributed by atoms with van der Waals surface area (Å²) in [7, 11) is 0. The summed E-state index contributed by atoms with van der Waals surface area (Å²) in [6.45, 7) is 3.83. The quantitative estimate of drug-likeness (QED) is 0.609. The Morgan fingerprint density at radius 1 is 0.933 bits per heavy atom. The number of likely N-dealkylation sites (tertiary alicyclic amines) is 1. The molecule has 0 spiro atoms. The van der Waals surface area contributed by atoms with Crippen molar-refractivity contribution in [1.29, 1.82) is 0 Å². The van der Waals surface area contributed by atoms with Gasteiger partial charge in [0.15, 0.2) is 0 Å². The number of rotatable bonds is 4. The van der Waals surface area contributed by atoms with E-state index in [-0.39, 0.29) is 23.8 Å². The minimum atomic E-state index is -0.315. The van der Waals surface area contributed by atoms with Gasteiger partial charge in [0.05, 0.1) is 5.69 Å². The van der Waals surface area contributed by atoms with Gasteiger partial charge in [-0.1, -0.05) is 32.6 Å².